The molecule has 1 aliphatic heterocycles. The highest BCUT2D eigenvalue weighted by molar-refractivity contribution is 5.93. The van der Waals surface area contributed by atoms with Gasteiger partial charge in [-0.15, -0.1) is 0 Å². The number of piperidine rings is 1. The molecule has 0 aromatic rings. The lowest BCUT2D eigenvalue weighted by Crippen LogP contribution is -2.38. The van der Waals surface area contributed by atoms with Gasteiger partial charge in [0.2, 0.25) is 5.91 Å². The van der Waals surface area contributed by atoms with E-state index in [2.05, 4.69) is 13.8 Å². The first-order valence-corrected chi connectivity index (χ1v) is 5.70. The molecule has 0 aliphatic carbocycles. The van der Waals surface area contributed by atoms with E-state index in [9.17, 15) is 9.59 Å². The van der Waals surface area contributed by atoms with E-state index in [1.165, 1.54) is 0 Å². The highest BCUT2D eigenvalue weighted by Crippen LogP contribution is 2.24. The van der Waals surface area contributed by atoms with Gasteiger partial charge in [-0.3, -0.25) is 4.79 Å². The number of carboxylic acids is 1. The van der Waals surface area contributed by atoms with Gasteiger partial charge in [0.15, 0.2) is 0 Å². The van der Waals surface area contributed by atoms with Crippen LogP contribution in [0.25, 0.3) is 0 Å². The number of nitrogens with zero attached hydrogens (tertiary/aromatic N) is 1. The summed E-state index contributed by atoms with van der Waals surface area (Å²) in [4.78, 5) is 23.5. The second-order valence-electron chi connectivity index (χ2n) is 4.58. The molecule has 0 unspecified atom stereocenters. The molecule has 1 aliphatic rings. The van der Waals surface area contributed by atoms with Gasteiger partial charge in [-0.05, 0) is 24.7 Å². The van der Waals surface area contributed by atoms with Crippen molar-refractivity contribution in [1.82, 2.24) is 4.90 Å². The van der Waals surface area contributed by atoms with Crippen LogP contribution in [0.15, 0.2) is 12.2 Å². The Balaban J connectivity index is 2.42. The van der Waals surface area contributed by atoms with Crippen molar-refractivity contribution in [2.75, 3.05) is 13.1 Å². The Morgan fingerprint density at radius 2 is 1.81 bits per heavy atom. The minimum Gasteiger partial charge on any atom is -0.478 e. The monoisotopic (exact) mass is 225 g/mol. The van der Waals surface area contributed by atoms with E-state index >= 15 is 0 Å². The first kappa shape index (κ1) is 12.7. The Morgan fingerprint density at radius 1 is 1.25 bits per heavy atom. The smallest absolute Gasteiger partial charge is 0.328 e. The zero-order valence-corrected chi connectivity index (χ0v) is 9.85. The van der Waals surface area contributed by atoms with Gasteiger partial charge in [0.05, 0.1) is 0 Å². The summed E-state index contributed by atoms with van der Waals surface area (Å²) in [6.45, 7) is 5.89. The molecule has 1 saturated heterocycles. The number of likely N-dealkylation sites (tertiary alicyclic amines) is 1. The van der Waals surface area contributed by atoms with Gasteiger partial charge < -0.3 is 10.0 Å². The molecular weight excluding hydrogens is 206 g/mol. The molecule has 1 rings (SSSR count). The van der Waals surface area contributed by atoms with Crippen molar-refractivity contribution in [3.8, 4) is 0 Å². The summed E-state index contributed by atoms with van der Waals surface area (Å²) in [7, 11) is 0. The number of hydrogen-bond donors (Lipinski definition) is 1. The molecular formula is C12H19NO3. The summed E-state index contributed by atoms with van der Waals surface area (Å²) >= 11 is 0. The third-order valence-corrected chi connectivity index (χ3v) is 3.16. The average molecular weight is 225 g/mol. The standard InChI is InChI=1S/C12H19NO3/c1-9(2)10-5-7-13(8-6-10)11(14)3-4-12(15)16/h3-4,9-10H,5-8H2,1-2H3,(H,15,16)/b4-3+. The fraction of sp³-hybridized carbons (Fsp3) is 0.667. The van der Waals surface area contributed by atoms with Gasteiger partial charge in [-0.2, -0.15) is 0 Å². The second kappa shape index (κ2) is 5.68. The van der Waals surface area contributed by atoms with E-state index < -0.39 is 5.97 Å². The Kier molecular flexibility index (Phi) is 4.52. The summed E-state index contributed by atoms with van der Waals surface area (Å²) in [5.41, 5.74) is 0. The van der Waals surface area contributed by atoms with Crippen LogP contribution in [0.3, 0.4) is 0 Å². The summed E-state index contributed by atoms with van der Waals surface area (Å²) in [5.74, 6) is 0.0781. The number of carbonyl (C=O) groups excluding carboxylic acids is 1. The van der Waals surface area contributed by atoms with Crippen LogP contribution in [0.1, 0.15) is 26.7 Å². The molecule has 90 valence electrons. The topological polar surface area (TPSA) is 57.6 Å². The third-order valence-electron chi connectivity index (χ3n) is 3.16. The largest absolute Gasteiger partial charge is 0.478 e. The molecule has 1 N–H and O–H groups in total. The fourth-order valence-electron chi connectivity index (χ4n) is 2.03. The van der Waals surface area contributed by atoms with Crippen LogP contribution in [0.5, 0.6) is 0 Å². The van der Waals surface area contributed by atoms with Crippen LogP contribution in [-0.4, -0.2) is 35.0 Å². The van der Waals surface area contributed by atoms with Crippen molar-refractivity contribution in [3.05, 3.63) is 12.2 Å². The highest BCUT2D eigenvalue weighted by atomic mass is 16.4. The van der Waals surface area contributed by atoms with Crippen molar-refractivity contribution in [3.63, 3.8) is 0 Å². The van der Waals surface area contributed by atoms with Crippen molar-refractivity contribution in [1.29, 1.82) is 0 Å². The Bertz CT molecular complexity index is 289. The molecule has 1 amide bonds. The molecule has 1 heterocycles. The maximum atomic E-state index is 11.6. The van der Waals surface area contributed by atoms with Crippen LogP contribution in [0.4, 0.5) is 0 Å². The molecule has 0 aromatic heterocycles. The molecule has 0 spiro atoms. The quantitative estimate of drug-likeness (QED) is 0.741. The summed E-state index contributed by atoms with van der Waals surface area (Å²) in [5, 5.41) is 8.42. The number of amides is 1. The normalized spacial score (nSPS) is 18.3. The van der Waals surface area contributed by atoms with Gasteiger partial charge in [-0.1, -0.05) is 13.8 Å². The third kappa shape index (κ3) is 3.68. The lowest BCUT2D eigenvalue weighted by molar-refractivity contribution is -0.132. The molecule has 16 heavy (non-hydrogen) atoms. The van der Waals surface area contributed by atoms with Crippen LogP contribution < -0.4 is 0 Å². The van der Waals surface area contributed by atoms with Crippen molar-refractivity contribution in [2.45, 2.75) is 26.7 Å². The van der Waals surface area contributed by atoms with E-state index in [-0.39, 0.29) is 5.91 Å². The summed E-state index contributed by atoms with van der Waals surface area (Å²) in [6.07, 6.45) is 4.07. The fourth-order valence-corrected chi connectivity index (χ4v) is 2.03. The number of carboxylic acid groups (broad SMARTS) is 1. The van der Waals surface area contributed by atoms with E-state index in [1.807, 2.05) is 0 Å². The lowest BCUT2D eigenvalue weighted by atomic mass is 9.87. The SMILES string of the molecule is CC(C)C1CCN(C(=O)/C=C/C(=O)O)CC1. The number of hydrogen-bond acceptors (Lipinski definition) is 2. The van der Waals surface area contributed by atoms with Crippen molar-refractivity contribution < 1.29 is 14.7 Å². The summed E-state index contributed by atoms with van der Waals surface area (Å²) < 4.78 is 0. The van der Waals surface area contributed by atoms with Crippen LogP contribution >= 0.6 is 0 Å². The Hall–Kier alpha value is -1.32. The van der Waals surface area contributed by atoms with E-state index in [0.717, 1.165) is 38.1 Å². The lowest BCUT2D eigenvalue weighted by Gasteiger charge is -2.33. The molecule has 4 nitrogen and oxygen atoms in total. The molecule has 4 heteroatoms. The summed E-state index contributed by atoms with van der Waals surface area (Å²) in [6, 6.07) is 0. The Morgan fingerprint density at radius 3 is 2.25 bits per heavy atom. The molecule has 0 saturated carbocycles. The van der Waals surface area contributed by atoms with Crippen LogP contribution in [-0.2, 0) is 9.59 Å². The highest BCUT2D eigenvalue weighted by Gasteiger charge is 2.23. The maximum Gasteiger partial charge on any atom is 0.328 e. The van der Waals surface area contributed by atoms with E-state index in [0.29, 0.717) is 11.8 Å². The van der Waals surface area contributed by atoms with E-state index in [4.69, 9.17) is 5.11 Å². The Labute approximate surface area is 95.9 Å². The first-order valence-electron chi connectivity index (χ1n) is 5.70. The maximum absolute atomic E-state index is 11.6. The minimum absolute atomic E-state index is 0.190. The predicted octanol–water partition coefficient (Wildman–Crippen LogP) is 1.52. The van der Waals surface area contributed by atoms with Crippen LogP contribution in [0.2, 0.25) is 0 Å². The van der Waals surface area contributed by atoms with Gasteiger partial charge in [0.1, 0.15) is 0 Å². The average Bonchev–Trinajstić information content (AvgIpc) is 2.26. The first-order chi connectivity index (χ1) is 7.50. The van der Waals surface area contributed by atoms with Crippen molar-refractivity contribution in [2.24, 2.45) is 11.8 Å². The molecule has 0 aromatic carbocycles. The molecule has 0 atom stereocenters. The molecule has 0 bridgehead atoms. The van der Waals surface area contributed by atoms with Gasteiger partial charge in [0.25, 0.3) is 0 Å². The predicted molar refractivity (Wildman–Crippen MR) is 60.9 cm³/mol. The number of rotatable bonds is 3. The second-order valence-corrected chi connectivity index (χ2v) is 4.58. The molecule has 1 fully saturated rings. The molecule has 0 radical (unpaired) electrons. The zero-order valence-electron chi connectivity index (χ0n) is 9.85. The van der Waals surface area contributed by atoms with Gasteiger partial charge in [-0.25, -0.2) is 4.79 Å². The van der Waals surface area contributed by atoms with E-state index in [1.54, 1.807) is 4.90 Å². The van der Waals surface area contributed by atoms with Gasteiger partial charge in [0, 0.05) is 25.2 Å². The number of aliphatic carboxylic acids is 1. The number of carbonyl (C=O) groups is 2. The minimum atomic E-state index is -1.08. The van der Waals surface area contributed by atoms with Crippen LogP contribution in [0, 0.1) is 11.8 Å². The zero-order chi connectivity index (χ0) is 12.1. The van der Waals surface area contributed by atoms with Crippen molar-refractivity contribution >= 4 is 11.9 Å². The van der Waals surface area contributed by atoms with Gasteiger partial charge >= 0.3 is 5.97 Å².